The molecule has 4 nitrogen and oxygen atoms in total. The Bertz CT molecular complexity index is 702. The number of carbonyl (C=O) groups is 2. The normalized spacial score (nSPS) is 11.0. The van der Waals surface area contributed by atoms with Gasteiger partial charge in [0, 0.05) is 11.0 Å². The van der Waals surface area contributed by atoms with Crippen LogP contribution in [0.2, 0.25) is 0 Å². The minimum Gasteiger partial charge on any atom is -0.489 e. The molecule has 2 rings (SSSR count). The Kier molecular flexibility index (Phi) is 6.34. The van der Waals surface area contributed by atoms with Gasteiger partial charge in [-0.25, -0.2) is 0 Å². The molecule has 2 aromatic carbocycles. The van der Waals surface area contributed by atoms with Crippen LogP contribution >= 0.6 is 0 Å². The third kappa shape index (κ3) is 5.45. The lowest BCUT2D eigenvalue weighted by Gasteiger charge is -2.22. The molecule has 0 radical (unpaired) electrons. The summed E-state index contributed by atoms with van der Waals surface area (Å²) in [7, 11) is 0. The Labute approximate surface area is 148 Å². The zero-order chi connectivity index (χ0) is 18.3. The van der Waals surface area contributed by atoms with Crippen molar-refractivity contribution in [3.8, 4) is 5.75 Å². The van der Waals surface area contributed by atoms with Crippen LogP contribution < -0.4 is 4.74 Å². The fourth-order valence-electron chi connectivity index (χ4n) is 2.49. The predicted octanol–water partition coefficient (Wildman–Crippen LogP) is 4.43. The minimum absolute atomic E-state index is 0.0614. The van der Waals surface area contributed by atoms with Crippen molar-refractivity contribution in [2.75, 3.05) is 6.61 Å². The van der Waals surface area contributed by atoms with Gasteiger partial charge in [0.25, 0.3) is 0 Å². The molecule has 132 valence electrons. The number of carbonyl (C=O) groups excluding carboxylic acids is 2. The Balaban J connectivity index is 1.98. The molecule has 2 aromatic rings. The van der Waals surface area contributed by atoms with Gasteiger partial charge in [0.2, 0.25) is 0 Å². The molecule has 0 aliphatic heterocycles. The van der Waals surface area contributed by atoms with E-state index < -0.39 is 5.41 Å². The molecule has 0 aliphatic rings. The smallest absolute Gasteiger partial charge is 0.306 e. The Hall–Kier alpha value is -2.62. The number of ketones is 1. The van der Waals surface area contributed by atoms with Crippen LogP contribution in [0.4, 0.5) is 0 Å². The second-order valence-corrected chi connectivity index (χ2v) is 6.49. The van der Waals surface area contributed by atoms with Gasteiger partial charge in [0.1, 0.15) is 12.4 Å². The summed E-state index contributed by atoms with van der Waals surface area (Å²) >= 11 is 0. The Morgan fingerprint density at radius 3 is 2.20 bits per heavy atom. The molecule has 0 unspecified atom stereocenters. The third-order valence-electron chi connectivity index (χ3n) is 3.87. The monoisotopic (exact) mass is 340 g/mol. The highest BCUT2D eigenvalue weighted by molar-refractivity contribution is 6.01. The Morgan fingerprint density at radius 1 is 0.960 bits per heavy atom. The van der Waals surface area contributed by atoms with E-state index >= 15 is 0 Å². The molecule has 0 amide bonds. The van der Waals surface area contributed by atoms with E-state index in [0.29, 0.717) is 24.5 Å². The van der Waals surface area contributed by atoms with Crippen LogP contribution in [0, 0.1) is 5.41 Å². The quantitative estimate of drug-likeness (QED) is 0.527. The van der Waals surface area contributed by atoms with Gasteiger partial charge in [0.05, 0.1) is 13.0 Å². The minimum atomic E-state index is -0.807. The van der Waals surface area contributed by atoms with Crippen LogP contribution in [0.15, 0.2) is 54.6 Å². The summed E-state index contributed by atoms with van der Waals surface area (Å²) in [6, 6.07) is 16.9. The van der Waals surface area contributed by atoms with Crippen molar-refractivity contribution in [1.82, 2.24) is 0 Å². The number of rotatable bonds is 8. The second kappa shape index (κ2) is 8.47. The summed E-state index contributed by atoms with van der Waals surface area (Å²) in [6.45, 7) is 6.05. The molecular weight excluding hydrogens is 316 g/mol. The molecule has 0 bridgehead atoms. The SMILES string of the molecule is CCOC(=O)CC(C)(C)C(=O)c1ccc(OCc2ccccc2)cc1. The molecule has 4 heteroatoms. The van der Waals surface area contributed by atoms with Crippen molar-refractivity contribution in [3.05, 3.63) is 65.7 Å². The van der Waals surface area contributed by atoms with Gasteiger partial charge in [-0.1, -0.05) is 44.2 Å². The molecule has 0 saturated heterocycles. The number of hydrogen-bond acceptors (Lipinski definition) is 4. The maximum absolute atomic E-state index is 12.6. The fraction of sp³-hybridized carbons (Fsp3) is 0.333. The summed E-state index contributed by atoms with van der Waals surface area (Å²) in [5, 5.41) is 0. The third-order valence-corrected chi connectivity index (χ3v) is 3.87. The van der Waals surface area contributed by atoms with E-state index in [1.807, 2.05) is 30.3 Å². The van der Waals surface area contributed by atoms with Gasteiger partial charge in [-0.3, -0.25) is 9.59 Å². The average Bonchev–Trinajstić information content (AvgIpc) is 2.60. The molecule has 0 N–H and O–H groups in total. The summed E-state index contributed by atoms with van der Waals surface area (Å²) in [5.74, 6) is 0.252. The number of Topliss-reactive ketones (excluding diaryl/α,β-unsaturated/α-hetero) is 1. The summed E-state index contributed by atoms with van der Waals surface area (Å²) in [5.41, 5.74) is 0.832. The lowest BCUT2D eigenvalue weighted by Crippen LogP contribution is -2.28. The Morgan fingerprint density at radius 2 is 1.60 bits per heavy atom. The highest BCUT2D eigenvalue weighted by atomic mass is 16.5. The van der Waals surface area contributed by atoms with E-state index in [2.05, 4.69) is 0 Å². The fourth-order valence-corrected chi connectivity index (χ4v) is 2.49. The van der Waals surface area contributed by atoms with Crippen molar-refractivity contribution < 1.29 is 19.1 Å². The van der Waals surface area contributed by atoms with Gasteiger partial charge in [-0.2, -0.15) is 0 Å². The van der Waals surface area contributed by atoms with Gasteiger partial charge in [-0.15, -0.1) is 0 Å². The first-order chi connectivity index (χ1) is 11.9. The van der Waals surface area contributed by atoms with Gasteiger partial charge >= 0.3 is 5.97 Å². The number of esters is 1. The molecule has 0 atom stereocenters. The van der Waals surface area contributed by atoms with Crippen LogP contribution in [-0.4, -0.2) is 18.4 Å². The van der Waals surface area contributed by atoms with Crippen LogP contribution in [0.3, 0.4) is 0 Å². The molecule has 0 aromatic heterocycles. The lowest BCUT2D eigenvalue weighted by atomic mass is 9.81. The van der Waals surface area contributed by atoms with Gasteiger partial charge in [0.15, 0.2) is 5.78 Å². The van der Waals surface area contributed by atoms with Crippen molar-refractivity contribution in [1.29, 1.82) is 0 Å². The molecule has 0 spiro atoms. The van der Waals surface area contributed by atoms with Crippen LogP contribution in [0.1, 0.15) is 43.1 Å². The largest absolute Gasteiger partial charge is 0.489 e. The van der Waals surface area contributed by atoms with E-state index in [0.717, 1.165) is 5.56 Å². The van der Waals surface area contributed by atoms with Crippen LogP contribution in [0.5, 0.6) is 5.75 Å². The number of ether oxygens (including phenoxy) is 2. The summed E-state index contributed by atoms with van der Waals surface area (Å²) in [4.78, 5) is 24.3. The maximum atomic E-state index is 12.6. The molecule has 0 heterocycles. The second-order valence-electron chi connectivity index (χ2n) is 6.49. The zero-order valence-electron chi connectivity index (χ0n) is 15.0. The number of hydrogen-bond donors (Lipinski definition) is 0. The maximum Gasteiger partial charge on any atom is 0.306 e. The van der Waals surface area contributed by atoms with Gasteiger partial charge in [-0.05, 0) is 36.8 Å². The van der Waals surface area contributed by atoms with E-state index in [1.165, 1.54) is 0 Å². The predicted molar refractivity (Wildman–Crippen MR) is 96.6 cm³/mol. The standard InChI is InChI=1S/C21H24O4/c1-4-24-19(22)14-21(2,3)20(23)17-10-12-18(13-11-17)25-15-16-8-6-5-7-9-16/h5-13H,4,14-15H2,1-3H3. The van der Waals surface area contributed by atoms with Crippen molar-refractivity contribution in [3.63, 3.8) is 0 Å². The van der Waals surface area contributed by atoms with E-state index in [4.69, 9.17) is 9.47 Å². The van der Waals surface area contributed by atoms with Crippen LogP contribution in [0.25, 0.3) is 0 Å². The number of benzene rings is 2. The van der Waals surface area contributed by atoms with Gasteiger partial charge < -0.3 is 9.47 Å². The van der Waals surface area contributed by atoms with E-state index in [1.54, 1.807) is 45.0 Å². The van der Waals surface area contributed by atoms with Crippen molar-refractivity contribution in [2.24, 2.45) is 5.41 Å². The van der Waals surface area contributed by atoms with E-state index in [-0.39, 0.29) is 18.2 Å². The zero-order valence-corrected chi connectivity index (χ0v) is 15.0. The lowest BCUT2D eigenvalue weighted by molar-refractivity contribution is -0.144. The van der Waals surface area contributed by atoms with E-state index in [9.17, 15) is 9.59 Å². The van der Waals surface area contributed by atoms with Crippen molar-refractivity contribution >= 4 is 11.8 Å². The highest BCUT2D eigenvalue weighted by Crippen LogP contribution is 2.27. The topological polar surface area (TPSA) is 52.6 Å². The molecule has 25 heavy (non-hydrogen) atoms. The molecule has 0 fully saturated rings. The summed E-state index contributed by atoms with van der Waals surface area (Å²) in [6.07, 6.45) is 0.0614. The molecule has 0 saturated carbocycles. The first-order valence-corrected chi connectivity index (χ1v) is 8.39. The highest BCUT2D eigenvalue weighted by Gasteiger charge is 2.31. The molecular formula is C21H24O4. The average molecular weight is 340 g/mol. The first-order valence-electron chi connectivity index (χ1n) is 8.39. The molecule has 0 aliphatic carbocycles. The van der Waals surface area contributed by atoms with Crippen LogP contribution in [-0.2, 0) is 16.1 Å². The summed E-state index contributed by atoms with van der Waals surface area (Å²) < 4.78 is 10.7. The van der Waals surface area contributed by atoms with Crippen molar-refractivity contribution in [2.45, 2.75) is 33.8 Å². The first kappa shape index (κ1) is 18.7.